The molecule has 1 rings (SSSR count). The van der Waals surface area contributed by atoms with Crippen LogP contribution in [0.1, 0.15) is 13.8 Å². The van der Waals surface area contributed by atoms with Crippen molar-refractivity contribution in [2.75, 3.05) is 23.8 Å². The Morgan fingerprint density at radius 2 is 2.14 bits per heavy atom. The van der Waals surface area contributed by atoms with Crippen molar-refractivity contribution in [3.8, 4) is 0 Å². The Bertz CT molecular complexity index is 575. The Hall–Kier alpha value is -2.64. The van der Waals surface area contributed by atoms with Gasteiger partial charge in [0.1, 0.15) is 5.69 Å². The number of nitrogens with zero attached hydrogens (tertiary/aromatic N) is 1. The van der Waals surface area contributed by atoms with Gasteiger partial charge < -0.3 is 10.1 Å². The molecule has 0 aliphatic heterocycles. The normalized spacial score (nSPS) is 9.86. The fourth-order valence-corrected chi connectivity index (χ4v) is 1.47. The Kier molecular flexibility index (Phi) is 5.65. The molecule has 1 aromatic rings. The van der Waals surface area contributed by atoms with Gasteiger partial charge in [0.2, 0.25) is 0 Å². The van der Waals surface area contributed by atoms with E-state index < -0.39 is 22.5 Å². The highest BCUT2D eigenvalue weighted by Gasteiger charge is 2.19. The van der Waals surface area contributed by atoms with E-state index in [2.05, 4.69) is 21.9 Å². The van der Waals surface area contributed by atoms with Crippen LogP contribution in [-0.2, 0) is 4.74 Å². The predicted molar refractivity (Wildman–Crippen MR) is 77.0 cm³/mol. The molecule has 0 fully saturated rings. The van der Waals surface area contributed by atoms with Crippen LogP contribution in [0.2, 0.25) is 0 Å². The highest BCUT2D eigenvalue weighted by molar-refractivity contribution is 5.86. The summed E-state index contributed by atoms with van der Waals surface area (Å²) >= 11 is 0. The first kappa shape index (κ1) is 16.4. The number of amides is 1. The SMILES string of the molecule is C=C(C)CNc1cc(NC(=O)OCC)c(F)cc1[N+](=O)[O-]. The first-order valence-corrected chi connectivity index (χ1v) is 6.15. The van der Waals surface area contributed by atoms with Crippen molar-refractivity contribution >= 4 is 23.2 Å². The molecule has 0 radical (unpaired) electrons. The molecule has 2 N–H and O–H groups in total. The van der Waals surface area contributed by atoms with E-state index in [9.17, 15) is 19.3 Å². The van der Waals surface area contributed by atoms with E-state index in [1.54, 1.807) is 13.8 Å². The molecule has 0 aliphatic carbocycles. The van der Waals surface area contributed by atoms with Gasteiger partial charge in [-0.05, 0) is 19.9 Å². The highest BCUT2D eigenvalue weighted by Crippen LogP contribution is 2.30. The lowest BCUT2D eigenvalue weighted by atomic mass is 10.2. The highest BCUT2D eigenvalue weighted by atomic mass is 19.1. The molecule has 0 saturated carbocycles. The smallest absolute Gasteiger partial charge is 0.411 e. The molecule has 1 amide bonds. The standard InChI is InChI=1S/C13H16FN3O4/c1-4-21-13(18)16-10-6-11(15-7-8(2)3)12(17(19)20)5-9(10)14/h5-6,15H,2,4,7H2,1,3H3,(H,16,18). The van der Waals surface area contributed by atoms with Crippen LogP contribution in [0.15, 0.2) is 24.3 Å². The fraction of sp³-hybridized carbons (Fsp3) is 0.308. The van der Waals surface area contributed by atoms with Crippen LogP contribution in [0.5, 0.6) is 0 Å². The number of ether oxygens (including phenoxy) is 1. The molecule has 0 atom stereocenters. The van der Waals surface area contributed by atoms with Gasteiger partial charge in [0.05, 0.1) is 23.3 Å². The van der Waals surface area contributed by atoms with Crippen molar-refractivity contribution < 1.29 is 18.8 Å². The third kappa shape index (κ3) is 4.75. The van der Waals surface area contributed by atoms with Gasteiger partial charge in [-0.25, -0.2) is 9.18 Å². The summed E-state index contributed by atoms with van der Waals surface area (Å²) in [4.78, 5) is 21.5. The Morgan fingerprint density at radius 3 is 2.67 bits per heavy atom. The summed E-state index contributed by atoms with van der Waals surface area (Å²) in [6, 6.07) is 1.88. The largest absolute Gasteiger partial charge is 0.450 e. The number of halogens is 1. The number of hydrogen-bond donors (Lipinski definition) is 2. The van der Waals surface area contributed by atoms with Crippen molar-refractivity contribution in [3.05, 3.63) is 40.2 Å². The lowest BCUT2D eigenvalue weighted by molar-refractivity contribution is -0.384. The monoisotopic (exact) mass is 297 g/mol. The van der Waals surface area contributed by atoms with Gasteiger partial charge in [0, 0.05) is 6.54 Å². The minimum atomic E-state index is -0.921. The molecule has 0 heterocycles. The number of nitro groups is 1. The zero-order valence-electron chi connectivity index (χ0n) is 11.7. The van der Waals surface area contributed by atoms with Gasteiger partial charge in [-0.1, -0.05) is 12.2 Å². The van der Waals surface area contributed by atoms with E-state index in [1.807, 2.05) is 0 Å². The van der Waals surface area contributed by atoms with Crippen LogP contribution in [0, 0.1) is 15.9 Å². The molecule has 0 aliphatic rings. The third-order valence-electron chi connectivity index (χ3n) is 2.37. The van der Waals surface area contributed by atoms with Crippen molar-refractivity contribution in [1.82, 2.24) is 0 Å². The molecule has 7 nitrogen and oxygen atoms in total. The summed E-state index contributed by atoms with van der Waals surface area (Å²) < 4.78 is 18.4. The van der Waals surface area contributed by atoms with Gasteiger partial charge in [0.15, 0.2) is 5.82 Å². The lowest BCUT2D eigenvalue weighted by Gasteiger charge is -2.11. The van der Waals surface area contributed by atoms with Crippen molar-refractivity contribution in [2.45, 2.75) is 13.8 Å². The molecule has 8 heteroatoms. The number of hydrogen-bond acceptors (Lipinski definition) is 5. The van der Waals surface area contributed by atoms with Crippen LogP contribution < -0.4 is 10.6 Å². The van der Waals surface area contributed by atoms with E-state index in [4.69, 9.17) is 0 Å². The molecule has 0 spiro atoms. The zero-order chi connectivity index (χ0) is 16.0. The van der Waals surface area contributed by atoms with Gasteiger partial charge in [-0.15, -0.1) is 0 Å². The van der Waals surface area contributed by atoms with E-state index in [1.165, 1.54) is 0 Å². The summed E-state index contributed by atoms with van der Waals surface area (Å²) in [7, 11) is 0. The zero-order valence-corrected chi connectivity index (χ0v) is 11.7. The third-order valence-corrected chi connectivity index (χ3v) is 2.37. The Morgan fingerprint density at radius 1 is 1.48 bits per heavy atom. The molecule has 21 heavy (non-hydrogen) atoms. The average molecular weight is 297 g/mol. The maximum atomic E-state index is 13.8. The number of carbonyl (C=O) groups is 1. The second kappa shape index (κ2) is 7.22. The van der Waals surface area contributed by atoms with Crippen molar-refractivity contribution in [2.24, 2.45) is 0 Å². The molecule has 1 aromatic carbocycles. The quantitative estimate of drug-likeness (QED) is 0.477. The van der Waals surface area contributed by atoms with Crippen LogP contribution in [-0.4, -0.2) is 24.2 Å². The topological polar surface area (TPSA) is 93.5 Å². The summed E-state index contributed by atoms with van der Waals surface area (Å²) in [5.41, 5.74) is 0.191. The van der Waals surface area contributed by atoms with Crippen LogP contribution >= 0.6 is 0 Å². The second-order valence-corrected chi connectivity index (χ2v) is 4.26. The number of nitro benzene ring substituents is 1. The van der Waals surface area contributed by atoms with E-state index in [0.717, 1.165) is 17.7 Å². The molecular weight excluding hydrogens is 281 g/mol. The maximum absolute atomic E-state index is 13.8. The van der Waals surface area contributed by atoms with E-state index >= 15 is 0 Å². The summed E-state index contributed by atoms with van der Waals surface area (Å²) in [5, 5.41) is 15.9. The summed E-state index contributed by atoms with van der Waals surface area (Å²) in [6.07, 6.45) is -0.837. The maximum Gasteiger partial charge on any atom is 0.411 e. The Labute approximate surface area is 120 Å². The summed E-state index contributed by atoms with van der Waals surface area (Å²) in [5.74, 6) is -0.921. The molecule has 114 valence electrons. The first-order chi connectivity index (χ1) is 9.85. The van der Waals surface area contributed by atoms with Crippen molar-refractivity contribution in [3.63, 3.8) is 0 Å². The average Bonchev–Trinajstić information content (AvgIpc) is 2.38. The van der Waals surface area contributed by atoms with Crippen LogP contribution in [0.25, 0.3) is 0 Å². The fourth-order valence-electron chi connectivity index (χ4n) is 1.47. The number of carbonyl (C=O) groups excluding carboxylic acids is 1. The second-order valence-electron chi connectivity index (χ2n) is 4.26. The molecule has 0 aromatic heterocycles. The first-order valence-electron chi connectivity index (χ1n) is 6.15. The van der Waals surface area contributed by atoms with Gasteiger partial charge in [-0.3, -0.25) is 15.4 Å². The Balaban J connectivity index is 3.10. The van der Waals surface area contributed by atoms with E-state index in [-0.39, 0.29) is 24.5 Å². The molecule has 0 saturated heterocycles. The van der Waals surface area contributed by atoms with Crippen molar-refractivity contribution in [1.29, 1.82) is 0 Å². The molecule has 0 bridgehead atoms. The van der Waals surface area contributed by atoms with Crippen LogP contribution in [0.3, 0.4) is 0 Å². The lowest BCUT2D eigenvalue weighted by Crippen LogP contribution is -2.15. The molecular formula is C13H16FN3O4. The van der Waals surface area contributed by atoms with Gasteiger partial charge in [0.25, 0.3) is 5.69 Å². The van der Waals surface area contributed by atoms with Gasteiger partial charge >= 0.3 is 6.09 Å². The van der Waals surface area contributed by atoms with Crippen LogP contribution in [0.4, 0.5) is 26.2 Å². The number of nitrogens with one attached hydrogen (secondary N) is 2. The predicted octanol–water partition coefficient (Wildman–Crippen LogP) is 3.29. The summed E-state index contributed by atoms with van der Waals surface area (Å²) in [6.45, 7) is 7.41. The number of benzene rings is 1. The minimum Gasteiger partial charge on any atom is -0.450 e. The molecule has 0 unspecified atom stereocenters. The van der Waals surface area contributed by atoms with Gasteiger partial charge in [-0.2, -0.15) is 0 Å². The number of rotatable bonds is 6. The number of anilines is 2. The van der Waals surface area contributed by atoms with E-state index in [0.29, 0.717) is 0 Å². The minimum absolute atomic E-state index is 0.0798.